The molecule has 0 bridgehead atoms. The number of hydrogen-bond donors (Lipinski definition) is 0. The average molecular weight is 773 g/mol. The van der Waals surface area contributed by atoms with Crippen LogP contribution >= 0.6 is 11.6 Å². The summed E-state index contributed by atoms with van der Waals surface area (Å²) >= 11 is 6.55. The Morgan fingerprint density at radius 3 is 2.14 bits per heavy atom. The molecule has 0 atom stereocenters. The Kier molecular flexibility index (Phi) is 13.8. The van der Waals surface area contributed by atoms with Crippen LogP contribution in [-0.2, 0) is 18.0 Å². The summed E-state index contributed by atoms with van der Waals surface area (Å²) in [4.78, 5) is 32.5. The lowest BCUT2D eigenvalue weighted by molar-refractivity contribution is 0.0240. The van der Waals surface area contributed by atoms with Crippen molar-refractivity contribution >= 4 is 29.7 Å². The van der Waals surface area contributed by atoms with Crippen LogP contribution in [0.5, 0.6) is 11.5 Å². The summed E-state index contributed by atoms with van der Waals surface area (Å²) in [7, 11) is 0. The number of rotatable bonds is 10. The van der Waals surface area contributed by atoms with Crippen LogP contribution in [0.2, 0.25) is 5.02 Å². The first-order valence-electron chi connectivity index (χ1n) is 18.8. The van der Waals surface area contributed by atoms with E-state index >= 15 is 0 Å². The number of carbonyl (C=O) groups excluding carboxylic acids is 2. The number of aromatic nitrogens is 1. The first-order chi connectivity index (χ1) is 26.9. The summed E-state index contributed by atoms with van der Waals surface area (Å²) in [5.74, 6) is 0.705. The lowest BCUT2D eigenvalue weighted by atomic mass is 9.89. The van der Waals surface area contributed by atoms with E-state index in [1.807, 2.05) is 46.8 Å². The number of halogens is 1. The first-order valence-corrected chi connectivity index (χ1v) is 19.2. The molecule has 2 heterocycles. The maximum atomic E-state index is 12.5. The fraction of sp³-hybridized carbons (Fsp3) is 0.304. The minimum atomic E-state index is -0.508. The third-order valence-corrected chi connectivity index (χ3v) is 9.73. The molecule has 0 unspecified atom stereocenters. The number of nitrogens with zero attached hydrogens (tertiary/aromatic N) is 4. The number of piperazine rings is 1. The van der Waals surface area contributed by atoms with Gasteiger partial charge in [-0.2, -0.15) is 5.26 Å². The molecule has 1 aliphatic rings. The lowest BCUT2D eigenvalue weighted by Gasteiger charge is -2.36. The molecule has 0 radical (unpaired) electrons. The number of pyridine rings is 1. The van der Waals surface area contributed by atoms with Gasteiger partial charge in [0.1, 0.15) is 36.4 Å². The van der Waals surface area contributed by atoms with E-state index in [4.69, 9.17) is 25.8 Å². The van der Waals surface area contributed by atoms with E-state index < -0.39 is 5.60 Å². The summed E-state index contributed by atoms with van der Waals surface area (Å²) in [5.41, 5.74) is 9.79. The Balaban J connectivity index is 0.00000295. The zero-order valence-corrected chi connectivity index (χ0v) is 33.9. The highest BCUT2D eigenvalue weighted by Gasteiger charge is 2.26. The van der Waals surface area contributed by atoms with E-state index in [1.54, 1.807) is 23.2 Å². The van der Waals surface area contributed by atoms with Crippen molar-refractivity contribution in [3.63, 3.8) is 0 Å². The Morgan fingerprint density at radius 1 is 0.839 bits per heavy atom. The van der Waals surface area contributed by atoms with Crippen molar-refractivity contribution in [1.29, 1.82) is 5.26 Å². The minimum absolute atomic E-state index is 0.114. The molecule has 10 heteroatoms. The maximum absolute atomic E-state index is 12.5. The minimum Gasteiger partial charge on any atom is -0.488 e. The largest absolute Gasteiger partial charge is 0.488 e. The van der Waals surface area contributed by atoms with Crippen LogP contribution < -0.4 is 14.4 Å². The van der Waals surface area contributed by atoms with E-state index in [-0.39, 0.29) is 24.9 Å². The third-order valence-electron chi connectivity index (χ3n) is 9.44. The molecule has 0 N–H and O–H groups in total. The number of benzene rings is 4. The number of ether oxygens (including phenoxy) is 3. The summed E-state index contributed by atoms with van der Waals surface area (Å²) in [6.07, 6.45) is 3.51. The number of amides is 1. The zero-order chi connectivity index (χ0) is 40.4. The van der Waals surface area contributed by atoms with Crippen molar-refractivity contribution in [3.05, 3.63) is 130 Å². The van der Waals surface area contributed by atoms with Crippen LogP contribution in [0.15, 0.2) is 91.3 Å². The van der Waals surface area contributed by atoms with Gasteiger partial charge in [-0.1, -0.05) is 74.0 Å². The standard InChI is InChI=1S/C44H43ClN4O5.C2H6/c1-29-34(28-53-42-22-41(35(26-50)21-40(42)45)52-27-32-20-31(23-46)24-47-25-32)8-6-10-38(29)39-11-7-9-37(30(39)2)33-12-14-36(15-13-33)48-16-18-49(19-17-48)43(51)54-44(3,4)5;1-2/h6-15,20-22,24-26H,16-19,27-28H2,1-5H3;1-2H3. The predicted octanol–water partition coefficient (Wildman–Crippen LogP) is 10.6. The highest BCUT2D eigenvalue weighted by molar-refractivity contribution is 6.32. The predicted molar refractivity (Wildman–Crippen MR) is 223 cm³/mol. The van der Waals surface area contributed by atoms with Crippen molar-refractivity contribution in [1.82, 2.24) is 9.88 Å². The van der Waals surface area contributed by atoms with Gasteiger partial charge in [0.05, 0.1) is 16.1 Å². The van der Waals surface area contributed by atoms with Crippen LogP contribution in [0.3, 0.4) is 0 Å². The molecule has 9 nitrogen and oxygen atoms in total. The second kappa shape index (κ2) is 18.7. The fourth-order valence-electron chi connectivity index (χ4n) is 6.52. The number of anilines is 1. The summed E-state index contributed by atoms with van der Waals surface area (Å²) in [5, 5.41) is 9.48. The molecule has 0 saturated carbocycles. The van der Waals surface area contributed by atoms with Crippen LogP contribution in [0.4, 0.5) is 10.5 Å². The van der Waals surface area contributed by atoms with Crippen LogP contribution in [0, 0.1) is 25.2 Å². The van der Waals surface area contributed by atoms with Gasteiger partial charge < -0.3 is 24.0 Å². The smallest absolute Gasteiger partial charge is 0.410 e. The lowest BCUT2D eigenvalue weighted by Crippen LogP contribution is -2.50. The van der Waals surface area contributed by atoms with E-state index in [1.165, 1.54) is 17.8 Å². The molecular formula is C46H49ClN4O5. The molecule has 5 aromatic rings. The molecule has 4 aromatic carbocycles. The first kappa shape index (κ1) is 41.3. The topological polar surface area (TPSA) is 105 Å². The molecule has 1 fully saturated rings. The zero-order valence-electron chi connectivity index (χ0n) is 33.2. The van der Waals surface area contributed by atoms with E-state index in [0.717, 1.165) is 52.2 Å². The number of aldehydes is 1. The van der Waals surface area contributed by atoms with Gasteiger partial charge in [-0.25, -0.2) is 4.79 Å². The van der Waals surface area contributed by atoms with Crippen LogP contribution in [0.25, 0.3) is 22.3 Å². The SMILES string of the molecule is CC.Cc1c(COc2cc(OCc3cncc(C#N)c3)c(C=O)cc2Cl)cccc1-c1cccc(-c2ccc(N3CCN(C(=O)OC(C)(C)C)CC3)cc2)c1C. The Labute approximate surface area is 335 Å². The van der Waals surface area contributed by atoms with Gasteiger partial charge in [-0.05, 0) is 97.8 Å². The summed E-state index contributed by atoms with van der Waals surface area (Å²) in [6.45, 7) is 17.0. The number of hydrogen-bond acceptors (Lipinski definition) is 8. The normalized spacial score (nSPS) is 12.6. The van der Waals surface area contributed by atoms with Crippen molar-refractivity contribution in [3.8, 4) is 39.8 Å². The molecule has 1 aromatic heterocycles. The molecule has 1 amide bonds. The van der Waals surface area contributed by atoms with E-state index in [0.29, 0.717) is 47.0 Å². The molecule has 0 spiro atoms. The van der Waals surface area contributed by atoms with Crippen LogP contribution in [-0.4, -0.2) is 54.0 Å². The average Bonchev–Trinajstić information content (AvgIpc) is 3.21. The van der Waals surface area contributed by atoms with Gasteiger partial charge in [-0.15, -0.1) is 0 Å². The van der Waals surface area contributed by atoms with Gasteiger partial charge >= 0.3 is 6.09 Å². The quantitative estimate of drug-likeness (QED) is 0.129. The molecule has 1 saturated heterocycles. The highest BCUT2D eigenvalue weighted by Crippen LogP contribution is 2.37. The van der Waals surface area contributed by atoms with Crippen molar-refractivity contribution in [2.45, 2.75) is 67.3 Å². The van der Waals surface area contributed by atoms with E-state index in [9.17, 15) is 14.9 Å². The van der Waals surface area contributed by atoms with Gasteiger partial charge in [0.15, 0.2) is 6.29 Å². The fourth-order valence-corrected chi connectivity index (χ4v) is 6.75. The van der Waals surface area contributed by atoms with Gasteiger partial charge in [0.25, 0.3) is 0 Å². The highest BCUT2D eigenvalue weighted by atomic mass is 35.5. The third kappa shape index (κ3) is 10.1. The van der Waals surface area contributed by atoms with Crippen LogP contribution in [0.1, 0.15) is 72.8 Å². The van der Waals surface area contributed by atoms with Crippen molar-refractivity contribution < 1.29 is 23.8 Å². The maximum Gasteiger partial charge on any atom is 0.410 e. The van der Waals surface area contributed by atoms with E-state index in [2.05, 4.69) is 78.3 Å². The summed E-state index contributed by atoms with van der Waals surface area (Å²) in [6, 6.07) is 28.1. The summed E-state index contributed by atoms with van der Waals surface area (Å²) < 4.78 is 17.7. The van der Waals surface area contributed by atoms with Gasteiger partial charge in [0, 0.05) is 55.9 Å². The molecular weight excluding hydrogens is 724 g/mol. The monoisotopic (exact) mass is 772 g/mol. The number of nitriles is 1. The second-order valence-electron chi connectivity index (χ2n) is 14.3. The van der Waals surface area contributed by atoms with Gasteiger partial charge in [0.2, 0.25) is 0 Å². The Morgan fingerprint density at radius 2 is 1.48 bits per heavy atom. The molecule has 56 heavy (non-hydrogen) atoms. The molecule has 0 aliphatic carbocycles. The van der Waals surface area contributed by atoms with Gasteiger partial charge in [-0.3, -0.25) is 9.78 Å². The van der Waals surface area contributed by atoms with Crippen molar-refractivity contribution in [2.75, 3.05) is 31.1 Å². The Hall–Kier alpha value is -5.85. The second-order valence-corrected chi connectivity index (χ2v) is 14.7. The molecule has 290 valence electrons. The Bertz CT molecular complexity index is 2200. The molecule has 1 aliphatic heterocycles. The van der Waals surface area contributed by atoms with Crippen molar-refractivity contribution in [2.24, 2.45) is 0 Å². The molecule has 6 rings (SSSR count). The number of carbonyl (C=O) groups is 2.